The topological polar surface area (TPSA) is 136 Å². The fourth-order valence-electron chi connectivity index (χ4n) is 8.36. The second-order valence-electron chi connectivity index (χ2n) is 16.2. The Morgan fingerprint density at radius 1 is 0.271 bits per heavy atom. The lowest BCUT2D eigenvalue weighted by atomic mass is 10.0. The summed E-state index contributed by atoms with van der Waals surface area (Å²) in [6.45, 7) is 0. The Morgan fingerprint density at radius 3 is 0.943 bits per heavy atom. The molecule has 0 bridgehead atoms. The predicted molar refractivity (Wildman–Crippen MR) is 273 cm³/mol. The van der Waals surface area contributed by atoms with Gasteiger partial charge in [0.25, 0.3) is 11.8 Å². The lowest BCUT2D eigenvalue weighted by Crippen LogP contribution is -2.10. The van der Waals surface area contributed by atoms with Gasteiger partial charge in [-0.05, 0) is 133 Å². The number of para-hydroxylation sites is 4. The molecule has 0 amide bonds. The third-order valence-electron chi connectivity index (χ3n) is 11.8. The third kappa shape index (κ3) is 8.28. The molecule has 0 aliphatic heterocycles. The normalized spacial score (nSPS) is 11.1. The van der Waals surface area contributed by atoms with E-state index in [0.29, 0.717) is 35.0 Å². The van der Waals surface area contributed by atoms with Gasteiger partial charge < -0.3 is 18.6 Å². The minimum Gasteiger partial charge on any atom is -0.415 e. The Balaban J connectivity index is 0.858. The molecule has 12 aromatic rings. The van der Waals surface area contributed by atoms with E-state index in [9.17, 15) is 0 Å². The fourth-order valence-corrected chi connectivity index (χ4v) is 8.36. The van der Waals surface area contributed by atoms with Crippen molar-refractivity contribution in [2.75, 3.05) is 9.80 Å². The van der Waals surface area contributed by atoms with E-state index in [1.54, 1.807) is 12.4 Å². The second-order valence-corrected chi connectivity index (χ2v) is 16.2. The van der Waals surface area contributed by atoms with Crippen molar-refractivity contribution >= 4 is 45.2 Å². The van der Waals surface area contributed by atoms with Crippen LogP contribution in [0.5, 0.6) is 0 Å². The van der Waals surface area contributed by atoms with Crippen molar-refractivity contribution < 1.29 is 8.83 Å². The van der Waals surface area contributed by atoms with Crippen LogP contribution in [0.2, 0.25) is 0 Å². The van der Waals surface area contributed by atoms with Crippen molar-refractivity contribution in [1.29, 1.82) is 0 Å². The monoisotopic (exact) mass is 906 g/mol. The molecule has 0 fully saturated rings. The van der Waals surface area contributed by atoms with Gasteiger partial charge in [0.1, 0.15) is 11.4 Å². The third-order valence-corrected chi connectivity index (χ3v) is 11.8. The molecule has 0 saturated heterocycles. The van der Waals surface area contributed by atoms with E-state index in [2.05, 4.69) is 137 Å². The van der Waals surface area contributed by atoms with Gasteiger partial charge in [0, 0.05) is 68.8 Å². The first kappa shape index (κ1) is 41.5. The van der Waals surface area contributed by atoms with E-state index in [1.165, 1.54) is 0 Å². The van der Waals surface area contributed by atoms with Gasteiger partial charge >= 0.3 is 0 Å². The van der Waals surface area contributed by atoms with Gasteiger partial charge in [-0.25, -0.2) is 9.97 Å². The SMILES string of the molecule is c1ccc(N(c2ccc(-c3nnc(-c4ccccn4)o3)cc2)c2ccc(-c3nc4ccccc4nc3-c3ccc(N(c4ccccc4)c4ccc(-c5nnc(-c6ccccn6)o5)cc4)cc3)cc2)cc1. The van der Waals surface area contributed by atoms with Crippen LogP contribution >= 0.6 is 0 Å². The fraction of sp³-hybridized carbons (Fsp3) is 0. The minimum absolute atomic E-state index is 0.370. The molecule has 5 heterocycles. The molecule has 0 aliphatic carbocycles. The molecule has 7 aromatic carbocycles. The summed E-state index contributed by atoms with van der Waals surface area (Å²) >= 11 is 0. The van der Waals surface area contributed by atoms with Crippen molar-refractivity contribution in [3.8, 4) is 68.6 Å². The highest BCUT2D eigenvalue weighted by molar-refractivity contribution is 5.88. The van der Waals surface area contributed by atoms with Crippen molar-refractivity contribution in [3.05, 3.63) is 231 Å². The lowest BCUT2D eigenvalue weighted by Gasteiger charge is -2.26. The summed E-state index contributed by atoms with van der Waals surface area (Å²) in [5.74, 6) is 1.58. The number of fused-ring (bicyclic) bond motifs is 1. The lowest BCUT2D eigenvalue weighted by molar-refractivity contribution is 0.582. The van der Waals surface area contributed by atoms with Crippen LogP contribution in [0, 0.1) is 0 Å². The molecular weight excluding hydrogens is 869 g/mol. The van der Waals surface area contributed by atoms with E-state index in [4.69, 9.17) is 18.8 Å². The van der Waals surface area contributed by atoms with Gasteiger partial charge in [0.15, 0.2) is 0 Å². The number of hydrogen-bond acceptors (Lipinski definition) is 12. The number of nitrogens with zero attached hydrogens (tertiary/aromatic N) is 10. The van der Waals surface area contributed by atoms with Crippen LogP contribution in [0.3, 0.4) is 0 Å². The number of hydrogen-bond donors (Lipinski definition) is 0. The maximum absolute atomic E-state index is 6.01. The summed E-state index contributed by atoms with van der Waals surface area (Å²) in [7, 11) is 0. The summed E-state index contributed by atoms with van der Waals surface area (Å²) in [6.07, 6.45) is 3.41. The van der Waals surface area contributed by atoms with Gasteiger partial charge in [-0.2, -0.15) is 0 Å². The van der Waals surface area contributed by atoms with E-state index in [0.717, 1.165) is 78.8 Å². The number of benzene rings is 7. The highest BCUT2D eigenvalue weighted by Crippen LogP contribution is 2.40. The molecular formula is C58H38N10O2. The molecule has 0 unspecified atom stereocenters. The molecule has 12 heteroatoms. The molecule has 0 radical (unpaired) electrons. The molecule has 70 heavy (non-hydrogen) atoms. The molecule has 0 saturated carbocycles. The van der Waals surface area contributed by atoms with Crippen molar-refractivity contribution in [2.45, 2.75) is 0 Å². The predicted octanol–water partition coefficient (Wildman–Crippen LogP) is 14.1. The molecule has 0 spiro atoms. The number of aromatic nitrogens is 8. The highest BCUT2D eigenvalue weighted by atomic mass is 16.4. The summed E-state index contributed by atoms with van der Waals surface area (Å²) in [4.78, 5) is 23.6. The first-order chi connectivity index (χ1) is 34.7. The van der Waals surface area contributed by atoms with Crippen LogP contribution in [0.15, 0.2) is 240 Å². The molecule has 12 nitrogen and oxygen atoms in total. The summed E-state index contributed by atoms with van der Waals surface area (Å²) < 4.78 is 12.0. The Bertz CT molecular complexity index is 3440. The van der Waals surface area contributed by atoms with Gasteiger partial charge in [-0.15, -0.1) is 20.4 Å². The highest BCUT2D eigenvalue weighted by Gasteiger charge is 2.20. The largest absolute Gasteiger partial charge is 0.415 e. The van der Waals surface area contributed by atoms with Crippen LogP contribution in [0.4, 0.5) is 34.1 Å². The zero-order chi connectivity index (χ0) is 46.6. The Morgan fingerprint density at radius 2 is 0.586 bits per heavy atom. The maximum atomic E-state index is 6.01. The molecule has 0 atom stereocenters. The Labute approximate surface area is 401 Å². The van der Waals surface area contributed by atoms with Crippen molar-refractivity contribution in [2.24, 2.45) is 0 Å². The Kier molecular flexibility index (Phi) is 10.9. The van der Waals surface area contributed by atoms with E-state index in [1.807, 2.05) is 121 Å². The number of pyridine rings is 2. The van der Waals surface area contributed by atoms with Crippen LogP contribution in [0.1, 0.15) is 0 Å². The maximum Gasteiger partial charge on any atom is 0.266 e. The second kappa shape index (κ2) is 18.4. The molecule has 0 aliphatic rings. The molecule has 12 rings (SSSR count). The zero-order valence-electron chi connectivity index (χ0n) is 37.2. The number of anilines is 6. The average Bonchev–Trinajstić information content (AvgIpc) is 4.15. The Hall–Kier alpha value is -9.94. The van der Waals surface area contributed by atoms with E-state index >= 15 is 0 Å². The molecule has 332 valence electrons. The first-order valence-corrected chi connectivity index (χ1v) is 22.6. The summed E-state index contributed by atoms with van der Waals surface area (Å²) in [6, 6.07) is 72.9. The molecule has 0 N–H and O–H groups in total. The summed E-state index contributed by atoms with van der Waals surface area (Å²) in [5, 5.41) is 17.1. The van der Waals surface area contributed by atoms with E-state index < -0.39 is 0 Å². The average molecular weight is 907 g/mol. The van der Waals surface area contributed by atoms with Crippen LogP contribution in [-0.4, -0.2) is 40.3 Å². The van der Waals surface area contributed by atoms with Crippen molar-refractivity contribution in [3.63, 3.8) is 0 Å². The van der Waals surface area contributed by atoms with Crippen LogP contribution < -0.4 is 9.80 Å². The van der Waals surface area contributed by atoms with Gasteiger partial charge in [-0.3, -0.25) is 9.97 Å². The first-order valence-electron chi connectivity index (χ1n) is 22.6. The summed E-state index contributed by atoms with van der Waals surface area (Å²) in [5.41, 5.74) is 13.8. The van der Waals surface area contributed by atoms with E-state index in [-0.39, 0.29) is 0 Å². The smallest absolute Gasteiger partial charge is 0.266 e. The zero-order valence-corrected chi connectivity index (χ0v) is 37.2. The van der Waals surface area contributed by atoms with Gasteiger partial charge in [0.05, 0.1) is 22.4 Å². The van der Waals surface area contributed by atoms with Crippen LogP contribution in [0.25, 0.3) is 79.6 Å². The van der Waals surface area contributed by atoms with Crippen molar-refractivity contribution in [1.82, 2.24) is 40.3 Å². The van der Waals surface area contributed by atoms with Gasteiger partial charge in [0.2, 0.25) is 11.8 Å². The van der Waals surface area contributed by atoms with Crippen LogP contribution in [-0.2, 0) is 0 Å². The molecule has 5 aromatic heterocycles. The van der Waals surface area contributed by atoms with Gasteiger partial charge in [-0.1, -0.05) is 84.9 Å². The number of rotatable bonds is 12. The standard InChI is InChI=1S/C58H38N10O2/c1-3-13-43(14-4-1)67(47-33-25-41(26-34-47)55-63-65-57(69-55)51-19-9-11-37-59-51)45-29-21-39(22-30-45)53-54(62-50-18-8-7-17-49(50)61-53)40-23-31-46(32-24-40)68(44-15-5-2-6-16-44)48-35-27-42(28-36-48)56-64-66-58(70-56)52-20-10-12-38-60-52/h1-38H. The quantitative estimate of drug-likeness (QED) is 0.115. The minimum atomic E-state index is 0.370.